The van der Waals surface area contributed by atoms with E-state index in [2.05, 4.69) is 4.74 Å². The van der Waals surface area contributed by atoms with Gasteiger partial charge in [0.05, 0.1) is 12.7 Å². The van der Waals surface area contributed by atoms with Crippen molar-refractivity contribution < 1.29 is 27.8 Å². The van der Waals surface area contributed by atoms with Crippen LogP contribution in [0.3, 0.4) is 0 Å². The lowest BCUT2D eigenvalue weighted by Crippen LogP contribution is -2.11. The van der Waals surface area contributed by atoms with Gasteiger partial charge in [0.25, 0.3) is 6.43 Å². The van der Waals surface area contributed by atoms with Crippen LogP contribution < -0.4 is 9.47 Å². The van der Waals surface area contributed by atoms with E-state index in [0.717, 1.165) is 29.5 Å². The maximum Gasteiger partial charge on any atom is 0.513 e. The van der Waals surface area contributed by atoms with Gasteiger partial charge in [-0.3, -0.25) is 0 Å². The zero-order chi connectivity index (χ0) is 19.6. The molecule has 144 valence electrons. The lowest BCUT2D eigenvalue weighted by molar-refractivity contribution is 0.120. The second-order valence-electron chi connectivity index (χ2n) is 6.72. The lowest BCUT2D eigenvalue weighted by Gasteiger charge is -2.17. The van der Waals surface area contributed by atoms with E-state index in [1.807, 2.05) is 13.0 Å². The largest absolute Gasteiger partial charge is 0.513 e. The summed E-state index contributed by atoms with van der Waals surface area (Å²) in [7, 11) is 1.23. The SMILES string of the molecule is COC(=O)Oc1cccc(C2CC2)c1COc1cc(C)c(C)cc1C(F)F. The second kappa shape index (κ2) is 7.94. The zero-order valence-corrected chi connectivity index (χ0v) is 15.6. The van der Waals surface area contributed by atoms with Gasteiger partial charge in [0, 0.05) is 5.56 Å². The van der Waals surface area contributed by atoms with E-state index in [4.69, 9.17) is 9.47 Å². The van der Waals surface area contributed by atoms with Crippen LogP contribution in [0, 0.1) is 13.8 Å². The Morgan fingerprint density at radius 1 is 1.15 bits per heavy atom. The van der Waals surface area contributed by atoms with Crippen LogP contribution in [-0.4, -0.2) is 13.3 Å². The molecule has 1 saturated carbocycles. The van der Waals surface area contributed by atoms with Crippen LogP contribution in [0.15, 0.2) is 30.3 Å². The van der Waals surface area contributed by atoms with Crippen LogP contribution in [0.4, 0.5) is 13.6 Å². The van der Waals surface area contributed by atoms with Gasteiger partial charge in [0.1, 0.15) is 18.1 Å². The highest BCUT2D eigenvalue weighted by atomic mass is 19.3. The molecule has 2 aromatic carbocycles. The summed E-state index contributed by atoms with van der Waals surface area (Å²) >= 11 is 0. The molecular formula is C21H22F2O4. The molecule has 0 unspecified atom stereocenters. The molecule has 1 aliphatic rings. The van der Waals surface area contributed by atoms with Crippen molar-refractivity contribution in [1.82, 2.24) is 0 Å². The van der Waals surface area contributed by atoms with Crippen molar-refractivity contribution in [3.63, 3.8) is 0 Å². The van der Waals surface area contributed by atoms with Gasteiger partial charge >= 0.3 is 6.16 Å². The van der Waals surface area contributed by atoms with Crippen LogP contribution in [0.5, 0.6) is 11.5 Å². The molecule has 6 heteroatoms. The van der Waals surface area contributed by atoms with Gasteiger partial charge in [-0.05, 0) is 67.5 Å². The van der Waals surface area contributed by atoms with Crippen molar-refractivity contribution in [1.29, 1.82) is 0 Å². The number of rotatable bonds is 6. The molecule has 4 nitrogen and oxygen atoms in total. The molecule has 1 aliphatic carbocycles. The summed E-state index contributed by atoms with van der Waals surface area (Å²) in [6.07, 6.45) is -1.38. The van der Waals surface area contributed by atoms with Gasteiger partial charge in [0.2, 0.25) is 0 Å². The summed E-state index contributed by atoms with van der Waals surface area (Å²) in [6, 6.07) is 8.48. The summed E-state index contributed by atoms with van der Waals surface area (Å²) in [5, 5.41) is 0. The third-order valence-corrected chi connectivity index (χ3v) is 4.78. The Morgan fingerprint density at radius 2 is 1.85 bits per heavy atom. The molecular weight excluding hydrogens is 354 g/mol. The number of benzene rings is 2. The molecule has 0 aromatic heterocycles. The molecule has 0 aliphatic heterocycles. The highest BCUT2D eigenvalue weighted by Gasteiger charge is 2.28. The van der Waals surface area contributed by atoms with Crippen molar-refractivity contribution in [3.8, 4) is 11.5 Å². The third kappa shape index (κ3) is 4.38. The Morgan fingerprint density at radius 3 is 2.48 bits per heavy atom. The van der Waals surface area contributed by atoms with Gasteiger partial charge in [0.15, 0.2) is 0 Å². The lowest BCUT2D eigenvalue weighted by atomic mass is 10.0. The fourth-order valence-corrected chi connectivity index (χ4v) is 3.00. The molecule has 0 heterocycles. The number of methoxy groups -OCH3 is 1. The maximum absolute atomic E-state index is 13.4. The van der Waals surface area contributed by atoms with E-state index in [-0.39, 0.29) is 17.9 Å². The van der Waals surface area contributed by atoms with Crippen LogP contribution in [-0.2, 0) is 11.3 Å². The van der Waals surface area contributed by atoms with E-state index >= 15 is 0 Å². The first-order valence-corrected chi connectivity index (χ1v) is 8.80. The minimum absolute atomic E-state index is 0.0290. The van der Waals surface area contributed by atoms with E-state index in [0.29, 0.717) is 17.2 Å². The fraction of sp³-hybridized carbons (Fsp3) is 0.381. The second-order valence-corrected chi connectivity index (χ2v) is 6.72. The molecule has 1 fully saturated rings. The molecule has 0 saturated heterocycles. The molecule has 27 heavy (non-hydrogen) atoms. The van der Waals surface area contributed by atoms with E-state index in [1.54, 1.807) is 25.1 Å². The number of halogens is 2. The smallest absolute Gasteiger partial charge is 0.488 e. The fourth-order valence-electron chi connectivity index (χ4n) is 3.00. The summed E-state index contributed by atoms with van der Waals surface area (Å²) in [6.45, 7) is 3.66. The Labute approximate surface area is 157 Å². The summed E-state index contributed by atoms with van der Waals surface area (Å²) < 4.78 is 42.4. The minimum atomic E-state index is -2.64. The first kappa shape index (κ1) is 19.1. The number of alkyl halides is 2. The van der Waals surface area contributed by atoms with Crippen LogP contribution in [0.25, 0.3) is 0 Å². The topological polar surface area (TPSA) is 44.8 Å². The maximum atomic E-state index is 13.4. The van der Waals surface area contributed by atoms with Gasteiger partial charge in [-0.25, -0.2) is 13.6 Å². The number of ether oxygens (including phenoxy) is 3. The molecule has 0 spiro atoms. The Bertz CT molecular complexity index is 844. The molecule has 3 rings (SSSR count). The van der Waals surface area contributed by atoms with E-state index in [9.17, 15) is 13.6 Å². The number of hydrogen-bond donors (Lipinski definition) is 0. The third-order valence-electron chi connectivity index (χ3n) is 4.78. The average molecular weight is 376 g/mol. The Hall–Kier alpha value is -2.63. The van der Waals surface area contributed by atoms with Crippen molar-refractivity contribution in [2.24, 2.45) is 0 Å². The van der Waals surface area contributed by atoms with Crippen LogP contribution in [0.2, 0.25) is 0 Å². The van der Waals surface area contributed by atoms with Gasteiger partial charge < -0.3 is 14.2 Å². The highest BCUT2D eigenvalue weighted by molar-refractivity contribution is 5.65. The van der Waals surface area contributed by atoms with Crippen LogP contribution >= 0.6 is 0 Å². The molecule has 0 atom stereocenters. The van der Waals surface area contributed by atoms with Gasteiger partial charge in [-0.15, -0.1) is 0 Å². The monoisotopic (exact) mass is 376 g/mol. The molecule has 2 aromatic rings. The Kier molecular flexibility index (Phi) is 5.63. The van der Waals surface area contributed by atoms with E-state index in [1.165, 1.54) is 13.2 Å². The quantitative estimate of drug-likeness (QED) is 0.469. The zero-order valence-electron chi connectivity index (χ0n) is 15.6. The molecule has 0 bridgehead atoms. The highest BCUT2D eigenvalue weighted by Crippen LogP contribution is 2.44. The van der Waals surface area contributed by atoms with E-state index < -0.39 is 12.6 Å². The summed E-state index contributed by atoms with van der Waals surface area (Å²) in [5.74, 6) is 0.843. The van der Waals surface area contributed by atoms with Crippen molar-refractivity contribution in [2.45, 2.75) is 45.6 Å². The summed E-state index contributed by atoms with van der Waals surface area (Å²) in [5.41, 5.74) is 3.21. The number of carbonyl (C=O) groups is 1. The Balaban J connectivity index is 1.91. The van der Waals surface area contributed by atoms with Gasteiger partial charge in [-0.2, -0.15) is 0 Å². The minimum Gasteiger partial charge on any atom is -0.488 e. The van der Waals surface area contributed by atoms with Gasteiger partial charge in [-0.1, -0.05) is 12.1 Å². The summed E-state index contributed by atoms with van der Waals surface area (Å²) in [4.78, 5) is 11.5. The number of hydrogen-bond acceptors (Lipinski definition) is 4. The molecule has 0 radical (unpaired) electrons. The number of carbonyl (C=O) groups excluding carboxylic acids is 1. The molecule has 0 N–H and O–H groups in total. The van der Waals surface area contributed by atoms with Crippen molar-refractivity contribution in [2.75, 3.05) is 7.11 Å². The molecule has 0 amide bonds. The predicted molar refractivity (Wildman–Crippen MR) is 96.7 cm³/mol. The van der Waals surface area contributed by atoms with Crippen molar-refractivity contribution >= 4 is 6.16 Å². The number of aryl methyl sites for hydroxylation is 2. The standard InChI is InChI=1S/C21H22F2O4/c1-12-9-16(20(22)23)19(10-13(12)2)26-11-17-15(14-7-8-14)5-4-6-18(17)27-21(24)25-3/h4-6,9-10,14,20H,7-8,11H2,1-3H3. The predicted octanol–water partition coefficient (Wildman–Crippen LogP) is 5.84. The first-order chi connectivity index (χ1) is 12.9. The average Bonchev–Trinajstić information content (AvgIpc) is 3.47. The first-order valence-electron chi connectivity index (χ1n) is 8.80. The van der Waals surface area contributed by atoms with Crippen molar-refractivity contribution in [3.05, 3.63) is 58.1 Å². The van der Waals surface area contributed by atoms with Crippen LogP contribution in [0.1, 0.15) is 53.0 Å². The normalized spacial score (nSPS) is 13.6.